The maximum atomic E-state index is 12.9. The lowest BCUT2D eigenvalue weighted by Crippen LogP contribution is -2.48. The van der Waals surface area contributed by atoms with E-state index in [1.54, 1.807) is 7.11 Å². The molecule has 4 saturated carbocycles. The van der Waals surface area contributed by atoms with E-state index >= 15 is 0 Å². The third kappa shape index (κ3) is 9.30. The Morgan fingerprint density at radius 3 is 1.57 bits per heavy atom. The van der Waals surface area contributed by atoms with Crippen molar-refractivity contribution in [3.63, 3.8) is 0 Å². The summed E-state index contributed by atoms with van der Waals surface area (Å²) in [7, 11) is 1.73. The highest BCUT2D eigenvalue weighted by Crippen LogP contribution is 2.63. The van der Waals surface area contributed by atoms with E-state index in [1.165, 1.54) is 66.3 Å². The first kappa shape index (κ1) is 46.7. The summed E-state index contributed by atoms with van der Waals surface area (Å²) in [5.74, 6) is 4.80. The van der Waals surface area contributed by atoms with Crippen LogP contribution in [0.25, 0.3) is 44.8 Å². The maximum absolute atomic E-state index is 12.9. The van der Waals surface area contributed by atoms with Crippen LogP contribution in [0.1, 0.15) is 173 Å². The summed E-state index contributed by atoms with van der Waals surface area (Å²) in [6.45, 7) is 28.8. The fourth-order valence-corrected chi connectivity index (χ4v) is 12.1. The lowest BCUT2D eigenvalue weighted by Gasteiger charge is -2.57. The van der Waals surface area contributed by atoms with E-state index in [-0.39, 0.29) is 28.1 Å². The Morgan fingerprint density at radius 1 is 0.646 bits per heavy atom. The molecule has 4 aromatic carbocycles. The molecule has 1 atom stereocenters. The second-order valence-corrected chi connectivity index (χ2v) is 23.5. The predicted molar refractivity (Wildman–Crippen MR) is 274 cm³/mol. The van der Waals surface area contributed by atoms with Gasteiger partial charge in [-0.25, -0.2) is 4.98 Å². The number of allylic oxidation sites excluding steroid dienone is 1. The van der Waals surface area contributed by atoms with Crippen LogP contribution in [0, 0.1) is 23.7 Å². The van der Waals surface area contributed by atoms with E-state index in [0.29, 0.717) is 23.2 Å². The molecule has 9 rings (SSSR count). The van der Waals surface area contributed by atoms with Crippen molar-refractivity contribution in [3.8, 4) is 62.0 Å². The van der Waals surface area contributed by atoms with Crippen molar-refractivity contribution in [2.24, 2.45) is 23.7 Å². The average Bonchev–Trinajstić information content (AvgIpc) is 3.24. The molecular formula is C61H77NO3. The van der Waals surface area contributed by atoms with E-state index in [1.807, 2.05) is 12.1 Å². The summed E-state index contributed by atoms with van der Waals surface area (Å²) in [5.41, 5.74) is 13.9. The lowest BCUT2D eigenvalue weighted by atomic mass is 9.47. The first-order valence-corrected chi connectivity index (χ1v) is 24.9. The summed E-state index contributed by atoms with van der Waals surface area (Å²) in [6, 6.07) is 26.6. The van der Waals surface area contributed by atoms with E-state index < -0.39 is 0 Å². The second kappa shape index (κ2) is 17.8. The van der Waals surface area contributed by atoms with Gasteiger partial charge in [-0.05, 0) is 173 Å². The lowest BCUT2D eigenvalue weighted by molar-refractivity contribution is -0.00615. The number of hydrogen-bond acceptors (Lipinski definition) is 4. The monoisotopic (exact) mass is 872 g/mol. The molecule has 4 heteroatoms. The van der Waals surface area contributed by atoms with Crippen molar-refractivity contribution in [1.29, 1.82) is 0 Å². The molecule has 4 bridgehead atoms. The molecule has 0 saturated heterocycles. The number of hydrogen-bond donors (Lipinski definition) is 2. The molecule has 65 heavy (non-hydrogen) atoms. The van der Waals surface area contributed by atoms with Crippen LogP contribution < -0.4 is 4.74 Å². The minimum absolute atomic E-state index is 0.0195. The van der Waals surface area contributed by atoms with Crippen LogP contribution in [0.15, 0.2) is 85.5 Å². The zero-order valence-electron chi connectivity index (χ0n) is 41.8. The second-order valence-electron chi connectivity index (χ2n) is 23.5. The van der Waals surface area contributed by atoms with Gasteiger partial charge in [0.2, 0.25) is 0 Å². The third-order valence-electron chi connectivity index (χ3n) is 15.7. The normalized spacial score (nSPS) is 21.0. The number of aromatic nitrogens is 1. The van der Waals surface area contributed by atoms with Gasteiger partial charge in [-0.3, -0.25) is 0 Å². The zero-order valence-corrected chi connectivity index (χ0v) is 41.8. The van der Waals surface area contributed by atoms with Crippen molar-refractivity contribution in [1.82, 2.24) is 4.98 Å². The number of phenolic OH excluding ortho intramolecular Hbond substituents is 2. The number of methoxy groups -OCH3 is 1. The Hall–Kier alpha value is -4.83. The van der Waals surface area contributed by atoms with Gasteiger partial charge in [-0.15, -0.1) is 6.58 Å². The summed E-state index contributed by atoms with van der Waals surface area (Å²) in [5, 5.41) is 25.2. The fourth-order valence-electron chi connectivity index (χ4n) is 12.1. The van der Waals surface area contributed by atoms with Crippen molar-refractivity contribution in [2.45, 2.75) is 162 Å². The van der Waals surface area contributed by atoms with Gasteiger partial charge in [0.05, 0.1) is 18.5 Å². The quantitative estimate of drug-likeness (QED) is 0.116. The molecule has 0 amide bonds. The van der Waals surface area contributed by atoms with Crippen LogP contribution >= 0.6 is 0 Å². The summed E-state index contributed by atoms with van der Waals surface area (Å²) >= 11 is 0. The number of phenols is 2. The largest absolute Gasteiger partial charge is 0.507 e. The fraction of sp³-hybridized carbons (Fsp3) is 0.492. The van der Waals surface area contributed by atoms with E-state index in [4.69, 9.17) is 9.72 Å². The van der Waals surface area contributed by atoms with Gasteiger partial charge in [0.25, 0.3) is 0 Å². The predicted octanol–water partition coefficient (Wildman–Crippen LogP) is 16.6. The SMILES string of the molecule is C=CCC(C)CCc1cc(C(C)(C)C)cc(-c2ccc(C(C)C)cc2-c2cc(OC)cc(-c3cc(C(C)C)ccc3-c3cc(C(C)(C)C)cc(C45CC6CC(CC(C6)C4)C5)c3O)n2)c1O. The number of aromatic hydroxyl groups is 2. The molecule has 4 fully saturated rings. The topological polar surface area (TPSA) is 62.6 Å². The Kier molecular flexibility index (Phi) is 12.8. The Labute approximate surface area is 392 Å². The molecule has 4 nitrogen and oxygen atoms in total. The first-order chi connectivity index (χ1) is 30.7. The minimum atomic E-state index is -0.132. The summed E-state index contributed by atoms with van der Waals surface area (Å²) < 4.78 is 6.16. The van der Waals surface area contributed by atoms with Crippen LogP contribution in [-0.2, 0) is 22.7 Å². The van der Waals surface area contributed by atoms with Crippen molar-refractivity contribution >= 4 is 0 Å². The molecule has 2 N–H and O–H groups in total. The van der Waals surface area contributed by atoms with Crippen LogP contribution in [0.2, 0.25) is 0 Å². The standard InChI is InChI=1S/C61H77NO3/c1-14-15-38(6)16-17-44-25-45(59(7,8)9)28-52(57(44)63)48-20-18-42(36(2)3)26-50(48)55-31-47(65-13)32-56(62-55)51-27-43(37(4)5)19-21-49(51)53-29-46(60(10,11)12)30-54(58(53)64)61-33-39-22-40(34-61)24-41(23-39)35-61/h14,18-21,25-32,36-41,63-64H,1,15-17,22-24,33-35H2,2-13H3. The van der Waals surface area contributed by atoms with Gasteiger partial charge in [0, 0.05) is 39.9 Å². The van der Waals surface area contributed by atoms with Crippen LogP contribution in [0.4, 0.5) is 0 Å². The zero-order chi connectivity index (χ0) is 46.7. The van der Waals surface area contributed by atoms with Gasteiger partial charge in [-0.2, -0.15) is 0 Å². The number of benzene rings is 4. The molecule has 0 aliphatic heterocycles. The molecule has 0 spiro atoms. The minimum Gasteiger partial charge on any atom is -0.507 e. The molecule has 1 aromatic heterocycles. The van der Waals surface area contributed by atoms with Crippen molar-refractivity contribution in [3.05, 3.63) is 119 Å². The highest BCUT2D eigenvalue weighted by Gasteiger charge is 2.53. The van der Waals surface area contributed by atoms with Gasteiger partial charge in [0.1, 0.15) is 17.2 Å². The van der Waals surface area contributed by atoms with E-state index in [0.717, 1.165) is 87.3 Å². The molecule has 1 unspecified atom stereocenters. The molecular weight excluding hydrogens is 795 g/mol. The highest BCUT2D eigenvalue weighted by atomic mass is 16.5. The smallest absolute Gasteiger partial charge is 0.127 e. The number of ether oxygens (including phenoxy) is 1. The summed E-state index contributed by atoms with van der Waals surface area (Å²) in [6.07, 6.45) is 12.3. The molecule has 5 aromatic rings. The third-order valence-corrected chi connectivity index (χ3v) is 15.7. The van der Waals surface area contributed by atoms with Crippen molar-refractivity contribution < 1.29 is 14.9 Å². The highest BCUT2D eigenvalue weighted by molar-refractivity contribution is 5.90. The number of pyridine rings is 1. The van der Waals surface area contributed by atoms with E-state index in [9.17, 15) is 10.2 Å². The number of aryl methyl sites for hydroxylation is 1. The van der Waals surface area contributed by atoms with Gasteiger partial charge < -0.3 is 14.9 Å². The van der Waals surface area contributed by atoms with Gasteiger partial charge >= 0.3 is 0 Å². The molecule has 1 heterocycles. The summed E-state index contributed by atoms with van der Waals surface area (Å²) in [4.78, 5) is 5.62. The van der Waals surface area contributed by atoms with E-state index in [2.05, 4.69) is 149 Å². The Bertz CT molecular complexity index is 2540. The average molecular weight is 872 g/mol. The van der Waals surface area contributed by atoms with Gasteiger partial charge in [-0.1, -0.05) is 119 Å². The van der Waals surface area contributed by atoms with Gasteiger partial charge in [0.15, 0.2) is 0 Å². The van der Waals surface area contributed by atoms with Crippen LogP contribution in [0.3, 0.4) is 0 Å². The van der Waals surface area contributed by atoms with Crippen LogP contribution in [0.5, 0.6) is 17.2 Å². The number of nitrogens with zero attached hydrogens (tertiary/aromatic N) is 1. The van der Waals surface area contributed by atoms with Crippen LogP contribution in [-0.4, -0.2) is 22.3 Å². The Morgan fingerprint density at radius 2 is 1.12 bits per heavy atom. The van der Waals surface area contributed by atoms with Crippen molar-refractivity contribution in [2.75, 3.05) is 7.11 Å². The molecule has 0 radical (unpaired) electrons. The molecule has 344 valence electrons. The molecule has 4 aliphatic rings. The first-order valence-electron chi connectivity index (χ1n) is 24.9. The molecule has 4 aliphatic carbocycles. The maximum Gasteiger partial charge on any atom is 0.127 e. The number of rotatable bonds is 13. The Balaban J connectivity index is 1.35.